The predicted molar refractivity (Wildman–Crippen MR) is 83.2 cm³/mol. The van der Waals surface area contributed by atoms with Crippen LogP contribution in [0.2, 0.25) is 0 Å². The van der Waals surface area contributed by atoms with Crippen molar-refractivity contribution >= 4 is 0 Å². The van der Waals surface area contributed by atoms with Crippen molar-refractivity contribution in [1.29, 1.82) is 0 Å². The maximum Gasteiger partial charge on any atom is 0.0449 e. The molecule has 0 saturated carbocycles. The minimum atomic E-state index is 0.169. The van der Waals surface area contributed by atoms with Crippen LogP contribution in [0.1, 0.15) is 52.7 Å². The fourth-order valence-corrected chi connectivity index (χ4v) is 2.40. The summed E-state index contributed by atoms with van der Waals surface area (Å²) in [6.45, 7) is 13.7. The normalized spacial score (nSPS) is 12.7. The van der Waals surface area contributed by atoms with Crippen LogP contribution in [-0.4, -0.2) is 4.57 Å². The van der Waals surface area contributed by atoms with Crippen molar-refractivity contribution in [1.82, 2.24) is 4.57 Å². The van der Waals surface area contributed by atoms with Crippen molar-refractivity contribution in [3.05, 3.63) is 53.9 Å². The second kappa shape index (κ2) is 4.56. The van der Waals surface area contributed by atoms with E-state index in [0.717, 1.165) is 0 Å². The van der Waals surface area contributed by atoms with Gasteiger partial charge in [-0.1, -0.05) is 59.7 Å². The number of benzene rings is 1. The first-order valence-corrected chi connectivity index (χ1v) is 6.98. The van der Waals surface area contributed by atoms with Gasteiger partial charge in [-0.15, -0.1) is 0 Å². The molecule has 0 radical (unpaired) electrons. The highest BCUT2D eigenvalue weighted by Gasteiger charge is 2.27. The number of nitrogens with zero attached hydrogens (tertiary/aromatic N) is 1. The summed E-state index contributed by atoms with van der Waals surface area (Å²) in [5.41, 5.74) is 4.43. The van der Waals surface area contributed by atoms with E-state index < -0.39 is 0 Å². The molecule has 2 rings (SSSR count). The molecule has 19 heavy (non-hydrogen) atoms. The van der Waals surface area contributed by atoms with Gasteiger partial charge in [0, 0.05) is 18.1 Å². The van der Waals surface area contributed by atoms with E-state index in [0.29, 0.717) is 0 Å². The molecular formula is C18H25N. The molecule has 0 amide bonds. The molecule has 1 nitrogen and oxygen atoms in total. The second-order valence-electron chi connectivity index (χ2n) is 7.33. The SMILES string of the molecule is CC(C)(C)c1cn(-c2ccccc2)cc1C(C)(C)C. The highest BCUT2D eigenvalue weighted by Crippen LogP contribution is 2.35. The van der Waals surface area contributed by atoms with E-state index in [1.165, 1.54) is 16.8 Å². The Morgan fingerprint density at radius 1 is 0.684 bits per heavy atom. The van der Waals surface area contributed by atoms with Crippen LogP contribution in [0.5, 0.6) is 0 Å². The summed E-state index contributed by atoms with van der Waals surface area (Å²) in [7, 11) is 0. The van der Waals surface area contributed by atoms with Crippen LogP contribution in [0.4, 0.5) is 0 Å². The zero-order valence-electron chi connectivity index (χ0n) is 13.0. The summed E-state index contributed by atoms with van der Waals surface area (Å²) < 4.78 is 2.25. The van der Waals surface area contributed by atoms with Gasteiger partial charge in [0.15, 0.2) is 0 Å². The molecule has 0 aliphatic rings. The zero-order chi connectivity index (χ0) is 14.3. The Morgan fingerprint density at radius 2 is 1.11 bits per heavy atom. The molecule has 1 aromatic carbocycles. The van der Waals surface area contributed by atoms with Gasteiger partial charge in [-0.05, 0) is 34.1 Å². The third kappa shape index (κ3) is 2.91. The highest BCUT2D eigenvalue weighted by atomic mass is 15.0. The van der Waals surface area contributed by atoms with E-state index >= 15 is 0 Å². The molecule has 0 fully saturated rings. The Labute approximate surface area is 117 Å². The maximum absolute atomic E-state index is 2.29. The monoisotopic (exact) mass is 255 g/mol. The number of rotatable bonds is 1. The number of para-hydroxylation sites is 1. The van der Waals surface area contributed by atoms with Gasteiger partial charge < -0.3 is 4.57 Å². The van der Waals surface area contributed by atoms with Gasteiger partial charge in [-0.3, -0.25) is 0 Å². The molecule has 0 atom stereocenters. The Balaban J connectivity index is 2.59. The van der Waals surface area contributed by atoms with Crippen LogP contribution in [0.25, 0.3) is 5.69 Å². The topological polar surface area (TPSA) is 4.93 Å². The first-order valence-electron chi connectivity index (χ1n) is 6.98. The van der Waals surface area contributed by atoms with Crippen LogP contribution >= 0.6 is 0 Å². The molecule has 1 heterocycles. The van der Waals surface area contributed by atoms with Gasteiger partial charge in [-0.2, -0.15) is 0 Å². The van der Waals surface area contributed by atoms with E-state index in [9.17, 15) is 0 Å². The largest absolute Gasteiger partial charge is 0.323 e. The lowest BCUT2D eigenvalue weighted by molar-refractivity contribution is 0.534. The third-order valence-electron chi connectivity index (χ3n) is 3.50. The first kappa shape index (κ1) is 13.9. The van der Waals surface area contributed by atoms with E-state index in [4.69, 9.17) is 0 Å². The highest BCUT2D eigenvalue weighted by molar-refractivity contribution is 5.42. The van der Waals surface area contributed by atoms with Crippen LogP contribution in [0.15, 0.2) is 42.7 Å². The van der Waals surface area contributed by atoms with Crippen LogP contribution in [-0.2, 0) is 10.8 Å². The summed E-state index contributed by atoms with van der Waals surface area (Å²) >= 11 is 0. The molecule has 1 aromatic heterocycles. The second-order valence-corrected chi connectivity index (χ2v) is 7.33. The smallest absolute Gasteiger partial charge is 0.0449 e. The zero-order valence-corrected chi connectivity index (χ0v) is 13.0. The van der Waals surface area contributed by atoms with Gasteiger partial charge in [0.2, 0.25) is 0 Å². The van der Waals surface area contributed by atoms with Crippen molar-refractivity contribution in [2.24, 2.45) is 0 Å². The fraction of sp³-hybridized carbons (Fsp3) is 0.444. The molecule has 0 aliphatic heterocycles. The van der Waals surface area contributed by atoms with Gasteiger partial charge >= 0.3 is 0 Å². The summed E-state index contributed by atoms with van der Waals surface area (Å²) in [6, 6.07) is 10.5. The molecule has 2 aromatic rings. The van der Waals surface area contributed by atoms with Crippen molar-refractivity contribution in [3.8, 4) is 5.69 Å². The standard InChI is InChI=1S/C18H25N/c1-17(2,3)15-12-19(13-16(15)18(4,5)6)14-10-8-7-9-11-14/h7-13H,1-6H3. The van der Waals surface area contributed by atoms with Crippen LogP contribution in [0.3, 0.4) is 0 Å². The predicted octanol–water partition coefficient (Wildman–Crippen LogP) is 5.07. The molecule has 0 aliphatic carbocycles. The van der Waals surface area contributed by atoms with Gasteiger partial charge in [0.25, 0.3) is 0 Å². The van der Waals surface area contributed by atoms with Gasteiger partial charge in [-0.25, -0.2) is 0 Å². The Bertz CT molecular complexity index is 516. The molecule has 102 valence electrons. The third-order valence-corrected chi connectivity index (χ3v) is 3.50. The Kier molecular flexibility index (Phi) is 3.34. The maximum atomic E-state index is 2.29. The van der Waals surface area contributed by atoms with Crippen molar-refractivity contribution < 1.29 is 0 Å². The Hall–Kier alpha value is -1.50. The average molecular weight is 255 g/mol. The Morgan fingerprint density at radius 3 is 1.47 bits per heavy atom. The van der Waals surface area contributed by atoms with E-state index in [2.05, 4.69) is 88.8 Å². The summed E-state index contributed by atoms with van der Waals surface area (Å²) in [5.74, 6) is 0. The van der Waals surface area contributed by atoms with Crippen LogP contribution < -0.4 is 0 Å². The van der Waals surface area contributed by atoms with E-state index in [1.54, 1.807) is 0 Å². The van der Waals surface area contributed by atoms with Crippen LogP contribution in [0, 0.1) is 0 Å². The molecule has 0 saturated heterocycles. The molecule has 0 bridgehead atoms. The molecule has 1 heteroatoms. The van der Waals surface area contributed by atoms with Gasteiger partial charge in [0.05, 0.1) is 0 Å². The number of hydrogen-bond acceptors (Lipinski definition) is 0. The van der Waals surface area contributed by atoms with Crippen molar-refractivity contribution in [3.63, 3.8) is 0 Å². The molecule has 0 spiro atoms. The van der Waals surface area contributed by atoms with E-state index in [-0.39, 0.29) is 10.8 Å². The minimum Gasteiger partial charge on any atom is -0.323 e. The molecule has 0 unspecified atom stereocenters. The average Bonchev–Trinajstić information content (AvgIpc) is 2.74. The lowest BCUT2D eigenvalue weighted by Crippen LogP contribution is -2.19. The first-order chi connectivity index (χ1) is 8.69. The lowest BCUT2D eigenvalue weighted by Gasteiger charge is -2.26. The fourth-order valence-electron chi connectivity index (χ4n) is 2.40. The lowest BCUT2D eigenvalue weighted by atomic mass is 9.78. The van der Waals surface area contributed by atoms with E-state index in [1.807, 2.05) is 0 Å². The summed E-state index contributed by atoms with van der Waals surface area (Å²) in [4.78, 5) is 0. The molecule has 0 N–H and O–H groups in total. The number of aromatic nitrogens is 1. The summed E-state index contributed by atoms with van der Waals surface area (Å²) in [6.07, 6.45) is 4.58. The van der Waals surface area contributed by atoms with Gasteiger partial charge in [0.1, 0.15) is 0 Å². The van der Waals surface area contributed by atoms with Crippen molar-refractivity contribution in [2.45, 2.75) is 52.4 Å². The quantitative estimate of drug-likeness (QED) is 0.670. The number of hydrogen-bond donors (Lipinski definition) is 0. The van der Waals surface area contributed by atoms with Crippen molar-refractivity contribution in [2.75, 3.05) is 0 Å². The molecular weight excluding hydrogens is 230 g/mol. The summed E-state index contributed by atoms with van der Waals surface area (Å²) in [5, 5.41) is 0. The minimum absolute atomic E-state index is 0.169.